The molecule has 7 aromatic rings. The van der Waals surface area contributed by atoms with Crippen LogP contribution >= 0.6 is 0 Å². The average Bonchev–Trinajstić information content (AvgIpc) is 3.72. The molecule has 0 aliphatic heterocycles. The number of nitrogens with zero attached hydrogens (tertiary/aromatic N) is 1. The summed E-state index contributed by atoms with van der Waals surface area (Å²) in [6, 6.07) is 56.0. The zero-order valence-electron chi connectivity index (χ0n) is 36.8. The van der Waals surface area contributed by atoms with Gasteiger partial charge in [0.2, 0.25) is 0 Å². The molecule has 1 nitrogen and oxygen atoms in total. The predicted molar refractivity (Wildman–Crippen MR) is 251 cm³/mol. The molecule has 294 valence electrons. The molecule has 7 aromatic carbocycles. The van der Waals surface area contributed by atoms with Crippen LogP contribution < -0.4 is 4.90 Å². The molecule has 0 saturated heterocycles. The fourth-order valence-electron chi connectivity index (χ4n) is 11.2. The Morgan fingerprint density at radius 2 is 0.881 bits per heavy atom. The van der Waals surface area contributed by atoms with Crippen LogP contribution in [0.5, 0.6) is 0 Å². The quantitative estimate of drug-likeness (QED) is 0.172. The predicted octanol–water partition coefficient (Wildman–Crippen LogP) is 15.7. The first-order valence-electron chi connectivity index (χ1n) is 21.6. The highest BCUT2D eigenvalue weighted by Crippen LogP contribution is 2.61. The highest BCUT2D eigenvalue weighted by molar-refractivity contribution is 5.95. The zero-order valence-corrected chi connectivity index (χ0v) is 36.8. The van der Waals surface area contributed by atoms with Crippen LogP contribution in [-0.4, -0.2) is 0 Å². The van der Waals surface area contributed by atoms with Crippen molar-refractivity contribution in [2.45, 2.75) is 103 Å². The molecule has 0 N–H and O–H groups in total. The van der Waals surface area contributed by atoms with Crippen molar-refractivity contribution in [2.75, 3.05) is 4.90 Å². The molecule has 10 rings (SSSR count). The Bertz CT molecular complexity index is 2750. The van der Waals surface area contributed by atoms with Crippen molar-refractivity contribution < 1.29 is 0 Å². The van der Waals surface area contributed by atoms with E-state index in [-0.39, 0.29) is 21.7 Å². The van der Waals surface area contributed by atoms with Crippen LogP contribution in [0.15, 0.2) is 146 Å². The van der Waals surface area contributed by atoms with Crippen LogP contribution in [0.3, 0.4) is 0 Å². The minimum atomic E-state index is -0.432. The summed E-state index contributed by atoms with van der Waals surface area (Å²) in [5, 5.41) is 0. The van der Waals surface area contributed by atoms with Crippen molar-refractivity contribution in [1.82, 2.24) is 0 Å². The molecule has 0 fully saturated rings. The van der Waals surface area contributed by atoms with Gasteiger partial charge in [-0.1, -0.05) is 184 Å². The lowest BCUT2D eigenvalue weighted by Gasteiger charge is -2.38. The van der Waals surface area contributed by atoms with Crippen molar-refractivity contribution in [2.24, 2.45) is 0 Å². The molecule has 0 radical (unpaired) electrons. The third-order valence-corrected chi connectivity index (χ3v) is 14.4. The van der Waals surface area contributed by atoms with E-state index in [1.54, 1.807) is 0 Å². The first kappa shape index (κ1) is 37.6. The Labute approximate surface area is 352 Å². The topological polar surface area (TPSA) is 3.24 Å². The van der Waals surface area contributed by atoms with E-state index in [0.717, 1.165) is 0 Å². The maximum Gasteiger partial charge on any atom is 0.0512 e. The molecule has 0 amide bonds. The lowest BCUT2D eigenvalue weighted by Crippen LogP contribution is -2.29. The smallest absolute Gasteiger partial charge is 0.0512 e. The first-order valence-corrected chi connectivity index (χ1v) is 21.6. The van der Waals surface area contributed by atoms with E-state index in [1.165, 1.54) is 101 Å². The van der Waals surface area contributed by atoms with E-state index >= 15 is 0 Å². The first-order chi connectivity index (χ1) is 27.9. The summed E-state index contributed by atoms with van der Waals surface area (Å²) in [5.74, 6) is 0. The molecule has 1 unspecified atom stereocenters. The van der Waals surface area contributed by atoms with Gasteiger partial charge in [0.1, 0.15) is 0 Å². The van der Waals surface area contributed by atoms with Crippen molar-refractivity contribution in [3.63, 3.8) is 0 Å². The monoisotopic (exact) mass is 767 g/mol. The summed E-state index contributed by atoms with van der Waals surface area (Å²) in [5.41, 5.74) is 23.3. The van der Waals surface area contributed by atoms with Gasteiger partial charge in [0, 0.05) is 27.6 Å². The Balaban J connectivity index is 1.29. The van der Waals surface area contributed by atoms with Crippen LogP contribution in [0.1, 0.15) is 126 Å². The highest BCUT2D eigenvalue weighted by atomic mass is 15.1. The maximum atomic E-state index is 2.60. The summed E-state index contributed by atoms with van der Waals surface area (Å²) in [6.45, 7) is 26.3. The van der Waals surface area contributed by atoms with Crippen molar-refractivity contribution in [1.29, 1.82) is 0 Å². The second-order valence-electron chi connectivity index (χ2n) is 20.8. The molecule has 1 heteroatoms. The molecule has 3 aliphatic rings. The van der Waals surface area contributed by atoms with Crippen LogP contribution in [-0.2, 0) is 27.1 Å². The number of fused-ring (bicyclic) bond motifs is 9. The van der Waals surface area contributed by atoms with Crippen LogP contribution in [0.25, 0.3) is 33.4 Å². The molecule has 0 bridgehead atoms. The number of rotatable bonds is 4. The maximum absolute atomic E-state index is 2.60. The van der Waals surface area contributed by atoms with Gasteiger partial charge >= 0.3 is 0 Å². The van der Waals surface area contributed by atoms with Crippen molar-refractivity contribution in [3.8, 4) is 33.4 Å². The number of hydrogen-bond acceptors (Lipinski definition) is 1. The third kappa shape index (κ3) is 5.29. The average molecular weight is 768 g/mol. The summed E-state index contributed by atoms with van der Waals surface area (Å²) >= 11 is 0. The van der Waals surface area contributed by atoms with E-state index in [2.05, 4.69) is 227 Å². The molecule has 0 heterocycles. The summed E-state index contributed by atoms with van der Waals surface area (Å²) in [7, 11) is 0. The second kappa shape index (κ2) is 12.4. The minimum Gasteiger partial charge on any atom is -0.310 e. The van der Waals surface area contributed by atoms with E-state index in [0.29, 0.717) is 0 Å². The molecular formula is C58H57N. The van der Waals surface area contributed by atoms with Gasteiger partial charge < -0.3 is 4.90 Å². The highest BCUT2D eigenvalue weighted by Gasteiger charge is 2.47. The Hall–Kier alpha value is -5.66. The molecule has 1 atom stereocenters. The van der Waals surface area contributed by atoms with Crippen LogP contribution in [0.4, 0.5) is 17.1 Å². The lowest BCUT2D eigenvalue weighted by molar-refractivity contribution is 0.553. The SMILES string of the molecule is CC(C)(C)c1cc2c(c(C(C)(C)C)c1)C(C)(c1ccccc1)c1c-2cccc1N(c1ccc2c(c1)C(C)(C)c1ccccc1-2)c1ccc2c(c1)C(C)(C)c1ccccc1-2. The summed E-state index contributed by atoms with van der Waals surface area (Å²) < 4.78 is 0. The largest absolute Gasteiger partial charge is 0.310 e. The Morgan fingerprint density at radius 1 is 0.390 bits per heavy atom. The normalized spacial score (nSPS) is 17.7. The molecule has 59 heavy (non-hydrogen) atoms. The van der Waals surface area contributed by atoms with E-state index < -0.39 is 5.41 Å². The molecule has 0 spiro atoms. The van der Waals surface area contributed by atoms with Gasteiger partial charge in [-0.3, -0.25) is 0 Å². The van der Waals surface area contributed by atoms with E-state index in [9.17, 15) is 0 Å². The lowest BCUT2D eigenvalue weighted by atomic mass is 9.67. The van der Waals surface area contributed by atoms with Gasteiger partial charge in [-0.05, 0) is 132 Å². The van der Waals surface area contributed by atoms with Crippen LogP contribution in [0.2, 0.25) is 0 Å². The van der Waals surface area contributed by atoms with Crippen LogP contribution in [0, 0.1) is 0 Å². The van der Waals surface area contributed by atoms with Gasteiger partial charge in [0.15, 0.2) is 0 Å². The van der Waals surface area contributed by atoms with Gasteiger partial charge in [0.25, 0.3) is 0 Å². The zero-order chi connectivity index (χ0) is 41.4. The Kier molecular flexibility index (Phi) is 7.92. The van der Waals surface area contributed by atoms with Gasteiger partial charge in [-0.2, -0.15) is 0 Å². The molecule has 0 saturated carbocycles. The van der Waals surface area contributed by atoms with Crippen molar-refractivity contribution in [3.05, 3.63) is 196 Å². The standard InChI is InChI=1S/C58H57N/c1-54(2,3)37-32-45-44-24-19-27-51(53(44)58(11,36-20-13-12-14-21-36)52(45)50(33-37)55(4,5)6)59(38-28-30-42-40-22-15-17-25-46(40)56(7,8)48(42)34-38)39-29-31-43-41-23-16-18-26-47(41)57(9,10)49(43)35-39/h12-35H,1-11H3. The van der Waals surface area contributed by atoms with Gasteiger partial charge in [-0.15, -0.1) is 0 Å². The number of hydrogen-bond donors (Lipinski definition) is 0. The molecule has 3 aliphatic carbocycles. The molecular weight excluding hydrogens is 711 g/mol. The number of anilines is 3. The van der Waals surface area contributed by atoms with Gasteiger partial charge in [0.05, 0.1) is 5.69 Å². The fraction of sp³-hybridized carbons (Fsp3) is 0.276. The van der Waals surface area contributed by atoms with E-state index in [4.69, 9.17) is 0 Å². The number of benzene rings is 7. The summed E-state index contributed by atoms with van der Waals surface area (Å²) in [6.07, 6.45) is 0. The third-order valence-electron chi connectivity index (χ3n) is 14.4. The minimum absolute atomic E-state index is 0.00578. The summed E-state index contributed by atoms with van der Waals surface area (Å²) in [4.78, 5) is 2.60. The Morgan fingerprint density at radius 3 is 1.41 bits per heavy atom. The fourth-order valence-corrected chi connectivity index (χ4v) is 11.2. The van der Waals surface area contributed by atoms with Crippen molar-refractivity contribution >= 4 is 17.1 Å². The van der Waals surface area contributed by atoms with E-state index in [1.807, 2.05) is 0 Å². The van der Waals surface area contributed by atoms with Gasteiger partial charge in [-0.25, -0.2) is 0 Å². The second-order valence-corrected chi connectivity index (χ2v) is 20.8. The molecule has 0 aromatic heterocycles.